The molecule has 0 spiro atoms. The molecule has 0 heterocycles. The first-order valence-electron chi connectivity index (χ1n) is 5.67. The van der Waals surface area contributed by atoms with Crippen LogP contribution in [-0.4, -0.2) is 13.2 Å². The minimum atomic E-state index is -0.306. The summed E-state index contributed by atoms with van der Waals surface area (Å²) in [4.78, 5) is 0. The molecule has 0 aliphatic carbocycles. The van der Waals surface area contributed by atoms with Gasteiger partial charge in [-0.15, -0.1) is 0 Å². The van der Waals surface area contributed by atoms with Gasteiger partial charge in [0.05, 0.1) is 7.11 Å². The van der Waals surface area contributed by atoms with Gasteiger partial charge in [-0.25, -0.2) is 4.39 Å². The number of hydrogen-bond acceptors (Lipinski definition) is 3. The van der Waals surface area contributed by atoms with E-state index in [4.69, 9.17) is 10.6 Å². The minimum absolute atomic E-state index is 0.00380. The Bertz CT molecular complexity index is 374. The van der Waals surface area contributed by atoms with Gasteiger partial charge in [-0.3, -0.25) is 11.3 Å². The van der Waals surface area contributed by atoms with E-state index in [0.717, 1.165) is 0 Å². The molecule has 0 aromatic heterocycles. The third-order valence-electron chi connectivity index (χ3n) is 2.93. The number of ether oxygens (including phenoxy) is 1. The molecule has 0 radical (unpaired) electrons. The smallest absolute Gasteiger partial charge is 0.168 e. The Balaban J connectivity index is 2.94. The highest BCUT2D eigenvalue weighted by Gasteiger charge is 2.25. The molecule has 1 aromatic rings. The molecule has 0 fully saturated rings. The van der Waals surface area contributed by atoms with Crippen LogP contribution in [0.25, 0.3) is 0 Å². The number of halogens is 1. The van der Waals surface area contributed by atoms with Crippen molar-refractivity contribution < 1.29 is 9.13 Å². The zero-order valence-corrected chi connectivity index (χ0v) is 10.9. The highest BCUT2D eigenvalue weighted by atomic mass is 19.1. The monoisotopic (exact) mass is 240 g/mol. The quantitative estimate of drug-likeness (QED) is 0.627. The molecule has 4 heteroatoms. The molecule has 96 valence electrons. The van der Waals surface area contributed by atoms with E-state index < -0.39 is 0 Å². The van der Waals surface area contributed by atoms with Gasteiger partial charge in [0.1, 0.15) is 0 Å². The first-order chi connectivity index (χ1) is 7.90. The second kappa shape index (κ2) is 5.47. The molecule has 1 aromatic carbocycles. The number of methoxy groups -OCH3 is 1. The summed E-state index contributed by atoms with van der Waals surface area (Å²) in [7, 11) is 1.46. The van der Waals surface area contributed by atoms with Gasteiger partial charge in [-0.1, -0.05) is 32.9 Å². The van der Waals surface area contributed by atoms with Gasteiger partial charge >= 0.3 is 0 Å². The third-order valence-corrected chi connectivity index (χ3v) is 2.93. The van der Waals surface area contributed by atoms with Gasteiger partial charge < -0.3 is 4.74 Å². The summed E-state index contributed by atoms with van der Waals surface area (Å²) in [5.41, 5.74) is 3.32. The summed E-state index contributed by atoms with van der Waals surface area (Å²) in [6.45, 7) is 6.20. The number of rotatable bonds is 4. The first-order valence-corrected chi connectivity index (χ1v) is 5.67. The third kappa shape index (κ3) is 3.41. The molecule has 1 unspecified atom stereocenters. The van der Waals surface area contributed by atoms with Crippen molar-refractivity contribution in [3.63, 3.8) is 0 Å². The topological polar surface area (TPSA) is 47.3 Å². The lowest BCUT2D eigenvalue weighted by atomic mass is 9.83. The second-order valence-corrected chi connectivity index (χ2v) is 5.22. The van der Waals surface area contributed by atoms with Crippen molar-refractivity contribution in [1.82, 2.24) is 5.43 Å². The average molecular weight is 240 g/mol. The second-order valence-electron chi connectivity index (χ2n) is 5.22. The zero-order valence-electron chi connectivity index (χ0n) is 10.9. The lowest BCUT2D eigenvalue weighted by molar-refractivity contribution is 0.266. The summed E-state index contributed by atoms with van der Waals surface area (Å²) in [5.74, 6) is 5.49. The molecule has 3 N–H and O–H groups in total. The Kier molecular flexibility index (Phi) is 4.48. The highest BCUT2D eigenvalue weighted by molar-refractivity contribution is 5.31. The van der Waals surface area contributed by atoms with E-state index in [1.165, 1.54) is 7.11 Å². The van der Waals surface area contributed by atoms with Crippen molar-refractivity contribution >= 4 is 0 Å². The van der Waals surface area contributed by atoms with E-state index >= 15 is 0 Å². The maximum absolute atomic E-state index is 14.0. The molecule has 0 saturated heterocycles. The lowest BCUT2D eigenvalue weighted by Gasteiger charge is -2.30. The maximum atomic E-state index is 14.0. The molecule has 0 aliphatic heterocycles. The molecule has 0 amide bonds. The van der Waals surface area contributed by atoms with Gasteiger partial charge in [-0.2, -0.15) is 0 Å². The molecule has 1 rings (SSSR count). The van der Waals surface area contributed by atoms with Crippen molar-refractivity contribution in [2.45, 2.75) is 33.2 Å². The maximum Gasteiger partial charge on any atom is 0.168 e. The van der Waals surface area contributed by atoms with Crippen molar-refractivity contribution in [2.24, 2.45) is 11.3 Å². The summed E-state index contributed by atoms with van der Waals surface area (Å²) >= 11 is 0. The van der Waals surface area contributed by atoms with Crippen molar-refractivity contribution in [3.05, 3.63) is 29.6 Å². The minimum Gasteiger partial charge on any atom is -0.494 e. The molecule has 3 nitrogen and oxygen atoms in total. The van der Waals surface area contributed by atoms with Crippen LogP contribution in [0.15, 0.2) is 18.2 Å². The fourth-order valence-corrected chi connectivity index (χ4v) is 1.71. The van der Waals surface area contributed by atoms with Crippen LogP contribution in [0.5, 0.6) is 5.75 Å². The average Bonchev–Trinajstić information content (AvgIpc) is 2.26. The van der Waals surface area contributed by atoms with Crippen LogP contribution in [0.4, 0.5) is 4.39 Å². The summed E-state index contributed by atoms with van der Waals surface area (Å²) in [6, 6.07) is 5.16. The van der Waals surface area contributed by atoms with E-state index in [1.54, 1.807) is 18.2 Å². The predicted octanol–water partition coefficient (Wildman–Crippen LogP) is 2.25. The number of hydrazine groups is 1. The first kappa shape index (κ1) is 13.9. The predicted molar refractivity (Wildman–Crippen MR) is 67.2 cm³/mol. The van der Waals surface area contributed by atoms with Crippen molar-refractivity contribution in [1.29, 1.82) is 0 Å². The molecular weight excluding hydrogens is 219 g/mol. The van der Waals surface area contributed by atoms with Crippen LogP contribution in [0.1, 0.15) is 26.3 Å². The SMILES string of the molecule is COc1cccc(CC(NN)C(C)(C)C)c1F. The standard InChI is InChI=1S/C13H21FN2O/c1-13(2,3)11(16-15)8-9-6-5-7-10(17-4)12(9)14/h5-7,11,16H,8,15H2,1-4H3. The van der Waals surface area contributed by atoms with Crippen LogP contribution >= 0.6 is 0 Å². The van der Waals surface area contributed by atoms with Crippen LogP contribution in [0.2, 0.25) is 0 Å². The normalized spacial score (nSPS) is 13.5. The number of hydrogen-bond donors (Lipinski definition) is 2. The lowest BCUT2D eigenvalue weighted by Crippen LogP contribution is -2.45. The molecule has 1 atom stereocenters. The fourth-order valence-electron chi connectivity index (χ4n) is 1.71. The Morgan fingerprint density at radius 2 is 2.06 bits per heavy atom. The van der Waals surface area contributed by atoms with Crippen LogP contribution in [-0.2, 0) is 6.42 Å². The van der Waals surface area contributed by atoms with Crippen LogP contribution < -0.4 is 16.0 Å². The molecule has 0 saturated carbocycles. The summed E-state index contributed by atoms with van der Waals surface area (Å²) < 4.78 is 18.9. The van der Waals surface area contributed by atoms with E-state index in [9.17, 15) is 4.39 Å². The Labute approximate surface area is 102 Å². The van der Waals surface area contributed by atoms with E-state index in [0.29, 0.717) is 12.0 Å². The Morgan fingerprint density at radius 1 is 1.41 bits per heavy atom. The van der Waals surface area contributed by atoms with Gasteiger partial charge in [-0.05, 0) is 23.5 Å². The largest absolute Gasteiger partial charge is 0.494 e. The van der Waals surface area contributed by atoms with Gasteiger partial charge in [0, 0.05) is 6.04 Å². The van der Waals surface area contributed by atoms with Crippen molar-refractivity contribution in [2.75, 3.05) is 7.11 Å². The summed E-state index contributed by atoms with van der Waals surface area (Å²) in [5, 5.41) is 0. The molecular formula is C13H21FN2O. The number of benzene rings is 1. The number of nitrogens with two attached hydrogens (primary N) is 1. The molecule has 0 bridgehead atoms. The molecule has 17 heavy (non-hydrogen) atoms. The Hall–Kier alpha value is -1.13. The van der Waals surface area contributed by atoms with Crippen molar-refractivity contribution in [3.8, 4) is 5.75 Å². The van der Waals surface area contributed by atoms with Gasteiger partial charge in [0.15, 0.2) is 11.6 Å². The Morgan fingerprint density at radius 3 is 2.53 bits per heavy atom. The van der Waals surface area contributed by atoms with Crippen LogP contribution in [0, 0.1) is 11.2 Å². The van der Waals surface area contributed by atoms with E-state index in [1.807, 2.05) is 0 Å². The fraction of sp³-hybridized carbons (Fsp3) is 0.538. The number of nitrogens with one attached hydrogen (secondary N) is 1. The van der Waals surface area contributed by atoms with Crippen LogP contribution in [0.3, 0.4) is 0 Å². The van der Waals surface area contributed by atoms with E-state index in [2.05, 4.69) is 26.2 Å². The highest BCUT2D eigenvalue weighted by Crippen LogP contribution is 2.26. The summed E-state index contributed by atoms with van der Waals surface area (Å²) in [6.07, 6.45) is 0.531. The zero-order chi connectivity index (χ0) is 13.1. The van der Waals surface area contributed by atoms with Gasteiger partial charge in [0.2, 0.25) is 0 Å². The molecule has 0 aliphatic rings. The van der Waals surface area contributed by atoms with Gasteiger partial charge in [0.25, 0.3) is 0 Å². The van der Waals surface area contributed by atoms with E-state index in [-0.39, 0.29) is 23.0 Å².